The average Bonchev–Trinajstić information content (AvgIpc) is 2.45. The monoisotopic (exact) mass is 293 g/mol. The molecule has 116 valence electrons. The predicted molar refractivity (Wildman–Crippen MR) is 81.7 cm³/mol. The van der Waals surface area contributed by atoms with Crippen molar-refractivity contribution in [3.8, 4) is 5.88 Å². The number of aromatic nitrogens is 1. The largest absolute Gasteiger partial charge is 0.474 e. The molecule has 1 aliphatic rings. The van der Waals surface area contributed by atoms with Gasteiger partial charge in [-0.1, -0.05) is 20.3 Å². The summed E-state index contributed by atoms with van der Waals surface area (Å²) in [6, 6.07) is 2.86. The summed E-state index contributed by atoms with van der Waals surface area (Å²) < 4.78 is 5.88. The van der Waals surface area contributed by atoms with Crippen LogP contribution in [0.15, 0.2) is 12.1 Å². The van der Waals surface area contributed by atoms with E-state index in [-0.39, 0.29) is 11.8 Å². The maximum atomic E-state index is 11.0. The second kappa shape index (κ2) is 7.24. The van der Waals surface area contributed by atoms with Gasteiger partial charge in [-0.3, -0.25) is 10.1 Å². The van der Waals surface area contributed by atoms with Gasteiger partial charge in [-0.15, -0.1) is 0 Å². The van der Waals surface area contributed by atoms with Crippen molar-refractivity contribution < 1.29 is 9.66 Å². The van der Waals surface area contributed by atoms with E-state index in [0.29, 0.717) is 17.6 Å². The molecule has 0 bridgehead atoms. The lowest BCUT2D eigenvalue weighted by Crippen LogP contribution is -2.24. The van der Waals surface area contributed by atoms with Gasteiger partial charge in [-0.2, -0.15) is 4.98 Å². The molecule has 1 aromatic rings. The van der Waals surface area contributed by atoms with Crippen LogP contribution in [0.25, 0.3) is 0 Å². The van der Waals surface area contributed by atoms with E-state index in [1.165, 1.54) is 18.6 Å². The molecule has 2 rings (SSSR count). The van der Waals surface area contributed by atoms with E-state index in [4.69, 9.17) is 4.74 Å². The summed E-state index contributed by atoms with van der Waals surface area (Å²) in [6.07, 6.45) is 5.39. The molecule has 0 spiro atoms. The minimum absolute atomic E-state index is 0.0162. The maximum Gasteiger partial charge on any atom is 0.278 e. The molecule has 1 heterocycles. The Kier molecular flexibility index (Phi) is 5.36. The summed E-state index contributed by atoms with van der Waals surface area (Å²) in [5, 5.41) is 14.1. The van der Waals surface area contributed by atoms with Crippen LogP contribution in [-0.2, 0) is 0 Å². The Morgan fingerprint density at radius 1 is 1.48 bits per heavy atom. The summed E-state index contributed by atoms with van der Waals surface area (Å²) in [5.41, 5.74) is 0.0162. The van der Waals surface area contributed by atoms with Crippen LogP contribution >= 0.6 is 0 Å². The quantitative estimate of drug-likeness (QED) is 0.638. The van der Waals surface area contributed by atoms with Crippen molar-refractivity contribution in [3.63, 3.8) is 0 Å². The number of nitrogens with one attached hydrogen (secondary N) is 1. The number of nitrogens with zero attached hydrogens (tertiary/aromatic N) is 2. The summed E-state index contributed by atoms with van der Waals surface area (Å²) in [7, 11) is 0. The first-order valence-corrected chi connectivity index (χ1v) is 7.65. The molecule has 1 aromatic heterocycles. The van der Waals surface area contributed by atoms with Crippen molar-refractivity contribution in [1.29, 1.82) is 0 Å². The first kappa shape index (κ1) is 15.5. The molecule has 6 heteroatoms. The second-order valence-corrected chi connectivity index (χ2v) is 5.74. The van der Waals surface area contributed by atoms with Crippen LogP contribution in [0.1, 0.15) is 46.0 Å². The molecular formula is C15H23N3O3. The lowest BCUT2D eigenvalue weighted by molar-refractivity contribution is -0.384. The average molecular weight is 293 g/mol. The molecule has 0 aliphatic heterocycles. The molecule has 1 aliphatic carbocycles. The van der Waals surface area contributed by atoms with E-state index < -0.39 is 4.92 Å². The third kappa shape index (κ3) is 4.58. The Labute approximate surface area is 125 Å². The van der Waals surface area contributed by atoms with Crippen molar-refractivity contribution in [2.75, 3.05) is 11.9 Å². The number of ether oxygens (including phenoxy) is 1. The van der Waals surface area contributed by atoms with Gasteiger partial charge < -0.3 is 10.1 Å². The fraction of sp³-hybridized carbons (Fsp3) is 0.667. The highest BCUT2D eigenvalue weighted by Gasteiger charge is 2.22. The summed E-state index contributed by atoms with van der Waals surface area (Å²) in [6.45, 7) is 4.98. The van der Waals surface area contributed by atoms with Crippen molar-refractivity contribution in [2.24, 2.45) is 5.92 Å². The maximum absolute atomic E-state index is 11.0. The number of rotatable bonds is 6. The molecule has 0 saturated heterocycles. The molecule has 21 heavy (non-hydrogen) atoms. The van der Waals surface area contributed by atoms with Crippen LogP contribution in [-0.4, -0.2) is 22.6 Å². The van der Waals surface area contributed by atoms with Gasteiger partial charge in [0, 0.05) is 6.54 Å². The number of pyridine rings is 1. The number of nitro groups is 1. The Morgan fingerprint density at radius 2 is 2.29 bits per heavy atom. The zero-order valence-corrected chi connectivity index (χ0v) is 12.7. The molecule has 0 aromatic carbocycles. The lowest BCUT2D eigenvalue weighted by atomic mass is 9.89. The number of anilines is 1. The van der Waals surface area contributed by atoms with Gasteiger partial charge in [0.05, 0.1) is 17.1 Å². The molecule has 0 radical (unpaired) electrons. The van der Waals surface area contributed by atoms with Gasteiger partial charge in [0.2, 0.25) is 5.88 Å². The fourth-order valence-electron chi connectivity index (χ4n) is 2.66. The van der Waals surface area contributed by atoms with Crippen LogP contribution in [0.4, 0.5) is 11.5 Å². The second-order valence-electron chi connectivity index (χ2n) is 5.74. The predicted octanol–water partition coefficient (Wildman–Crippen LogP) is 3.77. The van der Waals surface area contributed by atoms with Gasteiger partial charge in [-0.25, -0.2) is 0 Å². The highest BCUT2D eigenvalue weighted by atomic mass is 16.6. The molecule has 2 atom stereocenters. The van der Waals surface area contributed by atoms with Crippen molar-refractivity contribution in [2.45, 2.75) is 52.1 Å². The van der Waals surface area contributed by atoms with Crippen LogP contribution in [0.2, 0.25) is 0 Å². The Balaban J connectivity index is 2.12. The topological polar surface area (TPSA) is 77.3 Å². The van der Waals surface area contributed by atoms with E-state index >= 15 is 0 Å². The van der Waals surface area contributed by atoms with Gasteiger partial charge in [-0.05, 0) is 31.6 Å². The lowest BCUT2D eigenvalue weighted by Gasteiger charge is -2.26. The highest BCUT2D eigenvalue weighted by Crippen LogP contribution is 2.29. The van der Waals surface area contributed by atoms with Crippen LogP contribution < -0.4 is 10.1 Å². The Morgan fingerprint density at radius 3 is 2.95 bits per heavy atom. The molecular weight excluding hydrogens is 270 g/mol. The van der Waals surface area contributed by atoms with Crippen molar-refractivity contribution in [3.05, 3.63) is 22.2 Å². The molecule has 2 unspecified atom stereocenters. The molecule has 1 saturated carbocycles. The fourth-order valence-corrected chi connectivity index (χ4v) is 2.66. The summed E-state index contributed by atoms with van der Waals surface area (Å²) >= 11 is 0. The van der Waals surface area contributed by atoms with Gasteiger partial charge in [0.25, 0.3) is 5.69 Å². The van der Waals surface area contributed by atoms with Crippen molar-refractivity contribution >= 4 is 11.5 Å². The third-order valence-corrected chi connectivity index (χ3v) is 3.73. The first-order valence-electron chi connectivity index (χ1n) is 7.65. The van der Waals surface area contributed by atoms with Gasteiger partial charge in [0.15, 0.2) is 0 Å². The molecule has 1 N–H and O–H groups in total. The smallest absolute Gasteiger partial charge is 0.278 e. The van der Waals surface area contributed by atoms with E-state index in [9.17, 15) is 10.1 Å². The standard InChI is InChI=1S/C15H23N3O3/c1-3-7-16-14-9-12(18(19)20)10-15(17-14)21-13-6-4-5-11(2)8-13/h9-11,13H,3-8H2,1-2H3,(H,16,17). The van der Waals surface area contributed by atoms with E-state index in [1.807, 2.05) is 6.92 Å². The third-order valence-electron chi connectivity index (χ3n) is 3.73. The summed E-state index contributed by atoms with van der Waals surface area (Å²) in [5.74, 6) is 1.49. The van der Waals surface area contributed by atoms with Crippen LogP contribution in [0.5, 0.6) is 5.88 Å². The zero-order chi connectivity index (χ0) is 15.2. The minimum Gasteiger partial charge on any atom is -0.474 e. The SMILES string of the molecule is CCCNc1cc([N+](=O)[O-])cc(OC2CCCC(C)C2)n1. The molecule has 6 nitrogen and oxygen atoms in total. The molecule has 1 fully saturated rings. The van der Waals surface area contributed by atoms with Crippen LogP contribution in [0.3, 0.4) is 0 Å². The Bertz CT molecular complexity index is 493. The normalized spacial score (nSPS) is 21.8. The van der Waals surface area contributed by atoms with E-state index in [1.54, 1.807) is 0 Å². The summed E-state index contributed by atoms with van der Waals surface area (Å²) in [4.78, 5) is 14.9. The van der Waals surface area contributed by atoms with Crippen molar-refractivity contribution in [1.82, 2.24) is 4.98 Å². The van der Waals surface area contributed by atoms with Crippen LogP contribution in [0, 0.1) is 16.0 Å². The minimum atomic E-state index is -0.408. The number of hydrogen-bond acceptors (Lipinski definition) is 5. The first-order chi connectivity index (χ1) is 10.1. The Hall–Kier alpha value is -1.85. The van der Waals surface area contributed by atoms with E-state index in [2.05, 4.69) is 17.2 Å². The van der Waals surface area contributed by atoms with Gasteiger partial charge in [0.1, 0.15) is 11.9 Å². The highest BCUT2D eigenvalue weighted by molar-refractivity contribution is 5.48. The molecule has 0 amide bonds. The van der Waals surface area contributed by atoms with E-state index in [0.717, 1.165) is 32.2 Å². The zero-order valence-electron chi connectivity index (χ0n) is 12.7. The number of hydrogen-bond donors (Lipinski definition) is 1. The van der Waals surface area contributed by atoms with Gasteiger partial charge >= 0.3 is 0 Å².